The number of aromatic nitrogens is 2. The van der Waals surface area contributed by atoms with Crippen LogP contribution in [-0.2, 0) is 12.0 Å². The molecule has 1 heterocycles. The Labute approximate surface area is 84.1 Å². The summed E-state index contributed by atoms with van der Waals surface area (Å²) in [5.41, 5.74) is -0.00537. The maximum Gasteiger partial charge on any atom is 0.246 e. The van der Waals surface area contributed by atoms with E-state index in [0.717, 1.165) is 31.0 Å². The predicted molar refractivity (Wildman–Crippen MR) is 52.9 cm³/mol. The molecule has 1 fully saturated rings. The highest BCUT2D eigenvalue weighted by molar-refractivity contribution is 5.14. The van der Waals surface area contributed by atoms with Crippen molar-refractivity contribution in [3.8, 4) is 0 Å². The fourth-order valence-corrected chi connectivity index (χ4v) is 1.69. The van der Waals surface area contributed by atoms with E-state index in [1.807, 2.05) is 6.92 Å². The van der Waals surface area contributed by atoms with Crippen molar-refractivity contribution in [1.29, 1.82) is 0 Å². The first-order valence-corrected chi connectivity index (χ1v) is 5.27. The predicted octanol–water partition coefficient (Wildman–Crippen LogP) is 1.62. The first kappa shape index (κ1) is 9.65. The van der Waals surface area contributed by atoms with Crippen LogP contribution in [0, 0.1) is 0 Å². The molecule has 78 valence electrons. The van der Waals surface area contributed by atoms with E-state index in [1.54, 1.807) is 0 Å². The highest BCUT2D eigenvalue weighted by atomic mass is 16.5. The van der Waals surface area contributed by atoms with Crippen LogP contribution < -0.4 is 5.32 Å². The summed E-state index contributed by atoms with van der Waals surface area (Å²) in [4.78, 5) is 4.38. The second kappa shape index (κ2) is 3.35. The lowest BCUT2D eigenvalue weighted by molar-refractivity contribution is 0.305. The molecule has 0 atom stereocenters. The van der Waals surface area contributed by atoms with Gasteiger partial charge in [0.25, 0.3) is 0 Å². The molecule has 1 aromatic rings. The van der Waals surface area contributed by atoms with Gasteiger partial charge in [-0.2, -0.15) is 4.98 Å². The summed E-state index contributed by atoms with van der Waals surface area (Å²) < 4.78 is 5.26. The van der Waals surface area contributed by atoms with Gasteiger partial charge in [0.05, 0.1) is 5.54 Å². The normalized spacial score (nSPS) is 18.9. The average Bonchev–Trinajstić information content (AvgIpc) is 2.76. The molecule has 2 rings (SSSR count). The Morgan fingerprint density at radius 3 is 2.64 bits per heavy atom. The van der Waals surface area contributed by atoms with Gasteiger partial charge in [0.1, 0.15) is 0 Å². The summed E-state index contributed by atoms with van der Waals surface area (Å²) in [5, 5.41) is 7.41. The summed E-state index contributed by atoms with van der Waals surface area (Å²) in [7, 11) is 0. The lowest BCUT2D eigenvalue weighted by Crippen LogP contribution is -2.34. The van der Waals surface area contributed by atoms with Gasteiger partial charge in [-0.15, -0.1) is 0 Å². The summed E-state index contributed by atoms with van der Waals surface area (Å²) >= 11 is 0. The minimum absolute atomic E-state index is 0.00537. The molecule has 0 aromatic carbocycles. The quantitative estimate of drug-likeness (QED) is 0.793. The maximum atomic E-state index is 5.26. The molecule has 0 amide bonds. The van der Waals surface area contributed by atoms with Crippen molar-refractivity contribution >= 4 is 0 Å². The molecule has 0 aliphatic heterocycles. The van der Waals surface area contributed by atoms with Crippen LogP contribution in [0.3, 0.4) is 0 Å². The third kappa shape index (κ3) is 1.66. The number of rotatable bonds is 4. The second-order valence-corrected chi connectivity index (χ2v) is 4.25. The van der Waals surface area contributed by atoms with Crippen LogP contribution in [0.1, 0.15) is 45.3 Å². The molecule has 0 radical (unpaired) electrons. The van der Waals surface area contributed by atoms with Gasteiger partial charge < -0.3 is 9.84 Å². The monoisotopic (exact) mass is 195 g/mol. The summed E-state index contributed by atoms with van der Waals surface area (Å²) in [6.07, 6.45) is 3.05. The Hall–Kier alpha value is -0.900. The first-order valence-electron chi connectivity index (χ1n) is 5.27. The van der Waals surface area contributed by atoms with E-state index >= 15 is 0 Å². The largest absolute Gasteiger partial charge is 0.337 e. The van der Waals surface area contributed by atoms with E-state index in [2.05, 4.69) is 29.3 Å². The Morgan fingerprint density at radius 2 is 2.21 bits per heavy atom. The Morgan fingerprint density at radius 1 is 1.50 bits per heavy atom. The molecule has 14 heavy (non-hydrogen) atoms. The molecule has 1 aromatic heterocycles. The van der Waals surface area contributed by atoms with Crippen LogP contribution in [0.4, 0.5) is 0 Å². The van der Waals surface area contributed by atoms with Gasteiger partial charge in [0, 0.05) is 12.5 Å². The van der Waals surface area contributed by atoms with Crippen LogP contribution in [0.25, 0.3) is 0 Å². The Bertz CT molecular complexity index is 315. The zero-order valence-corrected chi connectivity index (χ0v) is 9.00. The van der Waals surface area contributed by atoms with Gasteiger partial charge >= 0.3 is 0 Å². The number of hydrogen-bond donors (Lipinski definition) is 1. The molecular formula is C10H17N3O. The van der Waals surface area contributed by atoms with Crippen LogP contribution in [0.5, 0.6) is 0 Å². The lowest BCUT2D eigenvalue weighted by Gasteiger charge is -2.15. The average molecular weight is 195 g/mol. The topological polar surface area (TPSA) is 51.0 Å². The molecule has 0 unspecified atom stereocenters. The van der Waals surface area contributed by atoms with Gasteiger partial charge in [0.2, 0.25) is 5.89 Å². The van der Waals surface area contributed by atoms with Crippen LogP contribution in [0.15, 0.2) is 4.52 Å². The minimum atomic E-state index is -0.00537. The molecule has 1 N–H and O–H groups in total. The number of aryl methyl sites for hydroxylation is 1. The third-order valence-corrected chi connectivity index (χ3v) is 2.51. The standard InChI is InChI=1S/C10H17N3O/c1-4-8-11-9(14-13-8)10(5-6-10)12-7(2)3/h7,12H,4-6H2,1-3H3. The van der Waals surface area contributed by atoms with Crippen molar-refractivity contribution in [2.75, 3.05) is 0 Å². The Balaban J connectivity index is 2.13. The molecule has 0 spiro atoms. The molecule has 1 aliphatic carbocycles. The zero-order valence-electron chi connectivity index (χ0n) is 9.00. The van der Waals surface area contributed by atoms with Crippen LogP contribution >= 0.6 is 0 Å². The molecule has 0 bridgehead atoms. The lowest BCUT2D eigenvalue weighted by atomic mass is 10.2. The zero-order chi connectivity index (χ0) is 10.2. The van der Waals surface area contributed by atoms with Crippen molar-refractivity contribution in [3.05, 3.63) is 11.7 Å². The van der Waals surface area contributed by atoms with Crippen molar-refractivity contribution in [3.63, 3.8) is 0 Å². The van der Waals surface area contributed by atoms with E-state index in [-0.39, 0.29) is 5.54 Å². The number of nitrogens with zero attached hydrogens (tertiary/aromatic N) is 2. The second-order valence-electron chi connectivity index (χ2n) is 4.25. The molecule has 1 saturated carbocycles. The van der Waals surface area contributed by atoms with E-state index in [1.165, 1.54) is 0 Å². The van der Waals surface area contributed by atoms with E-state index in [4.69, 9.17) is 4.52 Å². The molecular weight excluding hydrogens is 178 g/mol. The smallest absolute Gasteiger partial charge is 0.246 e. The van der Waals surface area contributed by atoms with Crippen molar-refractivity contribution in [1.82, 2.24) is 15.5 Å². The number of hydrogen-bond acceptors (Lipinski definition) is 4. The molecule has 0 saturated heterocycles. The SMILES string of the molecule is CCc1noc(C2(NC(C)C)CC2)n1. The number of nitrogens with one attached hydrogen (secondary N) is 1. The van der Waals surface area contributed by atoms with Crippen molar-refractivity contribution in [2.24, 2.45) is 0 Å². The third-order valence-electron chi connectivity index (χ3n) is 2.51. The molecule has 1 aliphatic rings. The van der Waals surface area contributed by atoms with Gasteiger partial charge in [-0.25, -0.2) is 0 Å². The Kier molecular flexibility index (Phi) is 2.31. The minimum Gasteiger partial charge on any atom is -0.337 e. The fourth-order valence-electron chi connectivity index (χ4n) is 1.69. The van der Waals surface area contributed by atoms with Crippen LogP contribution in [-0.4, -0.2) is 16.2 Å². The van der Waals surface area contributed by atoms with Crippen LogP contribution in [0.2, 0.25) is 0 Å². The van der Waals surface area contributed by atoms with Crippen molar-refractivity contribution < 1.29 is 4.52 Å². The van der Waals surface area contributed by atoms with E-state index in [9.17, 15) is 0 Å². The summed E-state index contributed by atoms with van der Waals surface area (Å²) in [6.45, 7) is 6.30. The highest BCUT2D eigenvalue weighted by Crippen LogP contribution is 2.44. The summed E-state index contributed by atoms with van der Waals surface area (Å²) in [6, 6.07) is 0.453. The highest BCUT2D eigenvalue weighted by Gasteiger charge is 2.49. The van der Waals surface area contributed by atoms with E-state index in [0.29, 0.717) is 6.04 Å². The van der Waals surface area contributed by atoms with Gasteiger partial charge in [-0.05, 0) is 26.7 Å². The summed E-state index contributed by atoms with van der Waals surface area (Å²) in [5.74, 6) is 1.57. The molecule has 4 nitrogen and oxygen atoms in total. The maximum absolute atomic E-state index is 5.26. The first-order chi connectivity index (χ1) is 6.66. The van der Waals surface area contributed by atoms with Crippen molar-refractivity contribution in [2.45, 2.75) is 51.6 Å². The van der Waals surface area contributed by atoms with Gasteiger partial charge in [0.15, 0.2) is 5.82 Å². The van der Waals surface area contributed by atoms with Gasteiger partial charge in [-0.1, -0.05) is 12.1 Å². The van der Waals surface area contributed by atoms with Gasteiger partial charge in [-0.3, -0.25) is 0 Å². The molecule has 4 heteroatoms. The fraction of sp³-hybridized carbons (Fsp3) is 0.800. The van der Waals surface area contributed by atoms with E-state index < -0.39 is 0 Å².